The van der Waals surface area contributed by atoms with E-state index in [1.807, 2.05) is 20.8 Å². The summed E-state index contributed by atoms with van der Waals surface area (Å²) in [6, 6.07) is -0.222. The number of carbonyl (C=O) groups is 2. The molecule has 0 unspecified atom stereocenters. The van der Waals surface area contributed by atoms with E-state index in [1.165, 1.54) is 0 Å². The van der Waals surface area contributed by atoms with Crippen molar-refractivity contribution in [3.63, 3.8) is 0 Å². The molecule has 6 heteroatoms. The van der Waals surface area contributed by atoms with Crippen LogP contribution in [0.1, 0.15) is 20.8 Å². The molecule has 0 spiro atoms. The molecular formula is C12H21N3O3. The van der Waals surface area contributed by atoms with Gasteiger partial charge >= 0.3 is 6.09 Å². The number of nitrogens with one attached hydrogen (secondary N) is 1. The fraction of sp³-hybridized carbons (Fsp3) is 0.833. The number of fused-ring (bicyclic) bond motifs is 1. The Morgan fingerprint density at radius 3 is 2.72 bits per heavy atom. The molecule has 0 aliphatic carbocycles. The Hall–Kier alpha value is -1.30. The number of hydrogen-bond acceptors (Lipinski definition) is 4. The van der Waals surface area contributed by atoms with Crippen LogP contribution in [0.3, 0.4) is 0 Å². The van der Waals surface area contributed by atoms with Gasteiger partial charge in [0, 0.05) is 32.7 Å². The van der Waals surface area contributed by atoms with Crippen LogP contribution in [0.4, 0.5) is 4.79 Å². The normalized spacial score (nSPS) is 25.4. The summed E-state index contributed by atoms with van der Waals surface area (Å²) in [6.07, 6.45) is -0.333. The Labute approximate surface area is 107 Å². The Kier molecular flexibility index (Phi) is 3.47. The lowest BCUT2D eigenvalue weighted by Gasteiger charge is -2.43. The molecule has 2 fully saturated rings. The second-order valence-corrected chi connectivity index (χ2v) is 5.77. The van der Waals surface area contributed by atoms with Crippen molar-refractivity contribution in [2.45, 2.75) is 32.4 Å². The molecule has 6 nitrogen and oxygen atoms in total. The molecule has 0 aromatic rings. The number of hydrogen-bond donors (Lipinski definition) is 1. The first-order valence-electron chi connectivity index (χ1n) is 6.36. The van der Waals surface area contributed by atoms with Crippen molar-refractivity contribution in [2.75, 3.05) is 32.7 Å². The summed E-state index contributed by atoms with van der Waals surface area (Å²) in [5.74, 6) is 0.00880. The van der Waals surface area contributed by atoms with E-state index in [9.17, 15) is 9.59 Å². The van der Waals surface area contributed by atoms with E-state index in [1.54, 1.807) is 4.90 Å². The van der Waals surface area contributed by atoms with E-state index in [0.29, 0.717) is 19.6 Å². The zero-order valence-corrected chi connectivity index (χ0v) is 11.2. The summed E-state index contributed by atoms with van der Waals surface area (Å²) in [4.78, 5) is 27.4. The molecular weight excluding hydrogens is 234 g/mol. The predicted molar refractivity (Wildman–Crippen MR) is 66.2 cm³/mol. The molecule has 1 N–H and O–H groups in total. The van der Waals surface area contributed by atoms with Crippen LogP contribution >= 0.6 is 0 Å². The Morgan fingerprint density at radius 1 is 1.33 bits per heavy atom. The maximum Gasteiger partial charge on any atom is 0.410 e. The van der Waals surface area contributed by atoms with E-state index in [0.717, 1.165) is 13.1 Å². The van der Waals surface area contributed by atoms with Crippen molar-refractivity contribution < 1.29 is 14.3 Å². The molecule has 0 aromatic carbocycles. The second kappa shape index (κ2) is 4.76. The summed E-state index contributed by atoms with van der Waals surface area (Å²) in [6.45, 7) is 8.86. The lowest BCUT2D eigenvalue weighted by molar-refractivity contribution is -0.131. The first-order valence-corrected chi connectivity index (χ1v) is 6.36. The molecule has 0 aromatic heterocycles. The molecule has 0 radical (unpaired) electrons. The van der Waals surface area contributed by atoms with Crippen molar-refractivity contribution >= 4 is 12.0 Å². The van der Waals surface area contributed by atoms with Gasteiger partial charge in [0.25, 0.3) is 0 Å². The highest BCUT2D eigenvalue weighted by molar-refractivity contribution is 5.83. The maximum absolute atomic E-state index is 11.9. The van der Waals surface area contributed by atoms with Gasteiger partial charge in [-0.3, -0.25) is 9.69 Å². The van der Waals surface area contributed by atoms with Gasteiger partial charge < -0.3 is 15.0 Å². The highest BCUT2D eigenvalue weighted by Crippen LogP contribution is 2.16. The summed E-state index contributed by atoms with van der Waals surface area (Å²) >= 11 is 0. The fourth-order valence-electron chi connectivity index (χ4n) is 2.27. The van der Waals surface area contributed by atoms with Gasteiger partial charge in [0.05, 0.1) is 0 Å². The monoisotopic (exact) mass is 255 g/mol. The Balaban J connectivity index is 1.96. The van der Waals surface area contributed by atoms with Crippen molar-refractivity contribution in [3.05, 3.63) is 0 Å². The number of piperazine rings is 2. The fourth-order valence-corrected chi connectivity index (χ4v) is 2.27. The minimum Gasteiger partial charge on any atom is -0.444 e. The molecule has 2 rings (SSSR count). The highest BCUT2D eigenvalue weighted by atomic mass is 16.6. The topological polar surface area (TPSA) is 61.9 Å². The summed E-state index contributed by atoms with van der Waals surface area (Å²) in [5, 5.41) is 2.83. The number of nitrogens with zero attached hydrogens (tertiary/aromatic N) is 2. The van der Waals surface area contributed by atoms with Gasteiger partial charge in [-0.1, -0.05) is 0 Å². The number of carbonyl (C=O) groups excluding carboxylic acids is 2. The lowest BCUT2D eigenvalue weighted by Crippen LogP contribution is -2.64. The quantitative estimate of drug-likeness (QED) is 0.664. The third kappa shape index (κ3) is 2.93. The molecule has 2 saturated heterocycles. The van der Waals surface area contributed by atoms with Crippen molar-refractivity contribution in [2.24, 2.45) is 0 Å². The third-order valence-electron chi connectivity index (χ3n) is 3.14. The average Bonchev–Trinajstić information content (AvgIpc) is 2.27. The van der Waals surface area contributed by atoms with E-state index < -0.39 is 5.60 Å². The molecule has 2 heterocycles. The average molecular weight is 255 g/mol. The number of rotatable bonds is 0. The van der Waals surface area contributed by atoms with Crippen LogP contribution < -0.4 is 5.32 Å². The molecule has 2 aliphatic heterocycles. The second-order valence-electron chi connectivity index (χ2n) is 5.77. The molecule has 1 atom stereocenters. The maximum atomic E-state index is 11.9. The smallest absolute Gasteiger partial charge is 0.410 e. The van der Waals surface area contributed by atoms with Crippen LogP contribution in [0, 0.1) is 0 Å². The van der Waals surface area contributed by atoms with E-state index in [2.05, 4.69) is 10.2 Å². The van der Waals surface area contributed by atoms with Crippen molar-refractivity contribution in [3.8, 4) is 0 Å². The van der Waals surface area contributed by atoms with Crippen LogP contribution in [0.25, 0.3) is 0 Å². The third-order valence-corrected chi connectivity index (χ3v) is 3.14. The Morgan fingerprint density at radius 2 is 2.06 bits per heavy atom. The minimum absolute atomic E-state index is 0.00880. The van der Waals surface area contributed by atoms with Crippen LogP contribution in [-0.2, 0) is 9.53 Å². The zero-order chi connectivity index (χ0) is 13.3. The van der Waals surface area contributed by atoms with Crippen LogP contribution in [0.5, 0.6) is 0 Å². The minimum atomic E-state index is -0.497. The number of amides is 2. The highest BCUT2D eigenvalue weighted by Gasteiger charge is 2.37. The molecule has 0 saturated carbocycles. The van der Waals surface area contributed by atoms with E-state index >= 15 is 0 Å². The van der Waals surface area contributed by atoms with Gasteiger partial charge in [-0.05, 0) is 20.8 Å². The molecule has 18 heavy (non-hydrogen) atoms. The Bertz CT molecular complexity index is 351. The van der Waals surface area contributed by atoms with E-state index in [-0.39, 0.29) is 18.0 Å². The summed E-state index contributed by atoms with van der Waals surface area (Å²) in [5.41, 5.74) is -0.497. The number of ether oxygens (including phenoxy) is 1. The van der Waals surface area contributed by atoms with Crippen LogP contribution in [-0.4, -0.2) is 66.2 Å². The van der Waals surface area contributed by atoms with Gasteiger partial charge in [0.2, 0.25) is 5.91 Å². The largest absolute Gasteiger partial charge is 0.444 e. The SMILES string of the molecule is CC(C)(C)OC(=O)N1CCN2CCNC(=O)[C@H]2C1. The first kappa shape index (κ1) is 13.1. The first-order chi connectivity index (χ1) is 8.37. The van der Waals surface area contributed by atoms with Crippen molar-refractivity contribution in [1.82, 2.24) is 15.1 Å². The summed E-state index contributed by atoms with van der Waals surface area (Å²) in [7, 11) is 0. The molecule has 102 valence electrons. The van der Waals surface area contributed by atoms with Crippen LogP contribution in [0.2, 0.25) is 0 Å². The van der Waals surface area contributed by atoms with Crippen LogP contribution in [0.15, 0.2) is 0 Å². The zero-order valence-electron chi connectivity index (χ0n) is 11.2. The lowest BCUT2D eigenvalue weighted by atomic mass is 10.1. The molecule has 0 bridgehead atoms. The van der Waals surface area contributed by atoms with Gasteiger partial charge in [0.15, 0.2) is 0 Å². The standard InChI is InChI=1S/C12H21N3O3/c1-12(2,3)18-11(17)15-7-6-14-5-4-13-10(16)9(14)8-15/h9H,4-8H2,1-3H3,(H,13,16)/t9-/m1/s1. The van der Waals surface area contributed by atoms with Gasteiger partial charge in [-0.15, -0.1) is 0 Å². The van der Waals surface area contributed by atoms with Gasteiger partial charge in [-0.25, -0.2) is 4.79 Å². The molecule has 2 aliphatic rings. The summed E-state index contributed by atoms with van der Waals surface area (Å²) < 4.78 is 5.33. The van der Waals surface area contributed by atoms with Crippen molar-refractivity contribution in [1.29, 1.82) is 0 Å². The van der Waals surface area contributed by atoms with Gasteiger partial charge in [0.1, 0.15) is 11.6 Å². The predicted octanol–water partition coefficient (Wildman–Crippen LogP) is 0.0375. The van der Waals surface area contributed by atoms with E-state index in [4.69, 9.17) is 4.74 Å². The molecule has 2 amide bonds. The van der Waals surface area contributed by atoms with Gasteiger partial charge in [-0.2, -0.15) is 0 Å².